The van der Waals surface area contributed by atoms with Gasteiger partial charge in [0.05, 0.1) is 16.5 Å². The van der Waals surface area contributed by atoms with Crippen LogP contribution in [0.1, 0.15) is 18.4 Å². The van der Waals surface area contributed by atoms with Crippen LogP contribution in [0.5, 0.6) is 11.5 Å². The number of nitrogens with zero attached hydrogens (tertiary/aromatic N) is 2. The van der Waals surface area contributed by atoms with Crippen LogP contribution in [0, 0.1) is 10.1 Å². The highest BCUT2D eigenvalue weighted by molar-refractivity contribution is 5.76. The number of hydrogen-bond donors (Lipinski definition) is 1. The third-order valence-electron chi connectivity index (χ3n) is 4.99. The van der Waals surface area contributed by atoms with Crippen LogP contribution >= 0.6 is 0 Å². The second-order valence-electron chi connectivity index (χ2n) is 7.11. The number of nitro benzene ring substituents is 1. The minimum Gasteiger partial charge on any atom is -0.486 e. The van der Waals surface area contributed by atoms with Crippen molar-refractivity contribution in [1.82, 2.24) is 9.88 Å². The highest BCUT2D eigenvalue weighted by Gasteiger charge is 2.15. The largest absolute Gasteiger partial charge is 0.486 e. The molecule has 10 heteroatoms. The van der Waals surface area contributed by atoms with Gasteiger partial charge in [-0.25, -0.2) is 4.79 Å². The molecule has 1 aliphatic rings. The molecule has 0 bridgehead atoms. The molecule has 1 aliphatic heterocycles. The number of rotatable bonds is 8. The summed E-state index contributed by atoms with van der Waals surface area (Å²) in [5.74, 6) is 0.734. The molecule has 3 aromatic rings. The Hall–Kier alpha value is -3.82. The lowest BCUT2D eigenvalue weighted by Gasteiger charge is -2.18. The smallest absolute Gasteiger partial charge is 0.419 e. The van der Waals surface area contributed by atoms with Crippen molar-refractivity contribution < 1.29 is 23.6 Å². The predicted octanol–water partition coefficient (Wildman–Crippen LogP) is 2.41. The van der Waals surface area contributed by atoms with Crippen LogP contribution in [0.15, 0.2) is 45.6 Å². The number of oxazole rings is 1. The van der Waals surface area contributed by atoms with Crippen molar-refractivity contribution in [3.8, 4) is 11.5 Å². The zero-order valence-corrected chi connectivity index (χ0v) is 16.7. The zero-order chi connectivity index (χ0) is 21.8. The van der Waals surface area contributed by atoms with E-state index in [1.807, 2.05) is 18.2 Å². The molecule has 0 saturated carbocycles. The van der Waals surface area contributed by atoms with Gasteiger partial charge in [-0.1, -0.05) is 6.07 Å². The Balaban J connectivity index is 1.25. The van der Waals surface area contributed by atoms with Crippen molar-refractivity contribution in [3.05, 3.63) is 62.6 Å². The van der Waals surface area contributed by atoms with Gasteiger partial charge in [0, 0.05) is 25.6 Å². The van der Waals surface area contributed by atoms with Crippen LogP contribution in [0.2, 0.25) is 0 Å². The zero-order valence-electron chi connectivity index (χ0n) is 16.7. The molecule has 0 unspecified atom stereocenters. The highest BCUT2D eigenvalue weighted by Crippen LogP contribution is 2.30. The van der Waals surface area contributed by atoms with E-state index < -0.39 is 10.7 Å². The molecule has 1 amide bonds. The van der Waals surface area contributed by atoms with Gasteiger partial charge in [0.2, 0.25) is 5.91 Å². The molecular formula is C21H21N3O7. The summed E-state index contributed by atoms with van der Waals surface area (Å²) in [6, 6.07) is 9.75. The first-order valence-electron chi connectivity index (χ1n) is 9.94. The first-order chi connectivity index (χ1) is 15.0. The fourth-order valence-corrected chi connectivity index (χ4v) is 3.46. The van der Waals surface area contributed by atoms with E-state index in [0.717, 1.165) is 17.1 Å². The van der Waals surface area contributed by atoms with Crippen molar-refractivity contribution in [2.24, 2.45) is 0 Å². The van der Waals surface area contributed by atoms with Gasteiger partial charge in [-0.3, -0.25) is 19.5 Å². The Morgan fingerprint density at radius 3 is 2.74 bits per heavy atom. The molecule has 31 heavy (non-hydrogen) atoms. The number of benzene rings is 2. The lowest BCUT2D eigenvalue weighted by atomic mass is 10.1. The fraction of sp³-hybridized carbons (Fsp3) is 0.333. The monoisotopic (exact) mass is 427 g/mol. The number of nitrogens with one attached hydrogen (secondary N) is 1. The van der Waals surface area contributed by atoms with Crippen molar-refractivity contribution in [2.75, 3.05) is 19.8 Å². The molecule has 10 nitrogen and oxygen atoms in total. The van der Waals surface area contributed by atoms with Gasteiger partial charge in [-0.05, 0) is 36.6 Å². The van der Waals surface area contributed by atoms with Gasteiger partial charge >= 0.3 is 5.76 Å². The first-order valence-corrected chi connectivity index (χ1v) is 9.94. The summed E-state index contributed by atoms with van der Waals surface area (Å²) in [6.45, 7) is 1.83. The van der Waals surface area contributed by atoms with E-state index in [2.05, 4.69) is 5.32 Å². The van der Waals surface area contributed by atoms with Crippen molar-refractivity contribution >= 4 is 22.7 Å². The van der Waals surface area contributed by atoms with Crippen LogP contribution in [0.25, 0.3) is 11.1 Å². The number of nitro groups is 1. The number of amides is 1. The van der Waals surface area contributed by atoms with Crippen molar-refractivity contribution in [1.29, 1.82) is 0 Å². The van der Waals surface area contributed by atoms with E-state index in [0.29, 0.717) is 38.1 Å². The topological polar surface area (TPSA) is 126 Å². The Bertz CT molecular complexity index is 1180. The molecule has 0 aliphatic carbocycles. The third-order valence-corrected chi connectivity index (χ3v) is 4.99. The SMILES string of the molecule is O=C(CCCn1c(=O)oc2cc([N+](=O)[O-])ccc21)NCCc1ccc2c(c1)OCCO2. The summed E-state index contributed by atoms with van der Waals surface area (Å²) in [4.78, 5) is 34.5. The van der Waals surface area contributed by atoms with E-state index >= 15 is 0 Å². The van der Waals surface area contributed by atoms with Gasteiger partial charge in [-0.2, -0.15) is 0 Å². The number of hydrogen-bond acceptors (Lipinski definition) is 7. The second kappa shape index (κ2) is 8.90. The third kappa shape index (κ3) is 4.68. The quantitative estimate of drug-likeness (QED) is 0.432. The molecule has 162 valence electrons. The predicted molar refractivity (Wildman–Crippen MR) is 111 cm³/mol. The van der Waals surface area contributed by atoms with Crippen LogP contribution in [-0.4, -0.2) is 35.2 Å². The molecule has 2 aromatic carbocycles. The molecule has 4 rings (SSSR count). The van der Waals surface area contributed by atoms with Gasteiger partial charge in [-0.15, -0.1) is 0 Å². The fourth-order valence-electron chi connectivity index (χ4n) is 3.46. The lowest BCUT2D eigenvalue weighted by molar-refractivity contribution is -0.384. The average Bonchev–Trinajstić information content (AvgIpc) is 3.08. The molecule has 0 spiro atoms. The maximum Gasteiger partial charge on any atom is 0.419 e. The van der Waals surface area contributed by atoms with E-state index in [9.17, 15) is 19.7 Å². The first kappa shape index (κ1) is 20.5. The molecule has 0 fully saturated rings. The molecule has 0 saturated heterocycles. The summed E-state index contributed by atoms with van der Waals surface area (Å²) in [5, 5.41) is 13.7. The normalized spacial score (nSPS) is 12.6. The number of carbonyl (C=O) groups is 1. The average molecular weight is 427 g/mol. The molecule has 0 radical (unpaired) electrons. The summed E-state index contributed by atoms with van der Waals surface area (Å²) in [6.07, 6.45) is 1.33. The van der Waals surface area contributed by atoms with Crippen LogP contribution < -0.4 is 20.5 Å². The van der Waals surface area contributed by atoms with Crippen LogP contribution in [0.4, 0.5) is 5.69 Å². The molecular weight excluding hydrogens is 406 g/mol. The molecule has 2 heterocycles. The van der Waals surface area contributed by atoms with Crippen molar-refractivity contribution in [3.63, 3.8) is 0 Å². The van der Waals surface area contributed by atoms with Gasteiger partial charge in [0.25, 0.3) is 5.69 Å². The maximum atomic E-state index is 12.1. The summed E-state index contributed by atoms with van der Waals surface area (Å²) < 4.78 is 17.5. The summed E-state index contributed by atoms with van der Waals surface area (Å²) >= 11 is 0. The maximum absolute atomic E-state index is 12.1. The van der Waals surface area contributed by atoms with Crippen molar-refractivity contribution in [2.45, 2.75) is 25.8 Å². The Kier molecular flexibility index (Phi) is 5.87. The molecule has 1 aromatic heterocycles. The van der Waals surface area contributed by atoms with Crippen LogP contribution in [-0.2, 0) is 17.8 Å². The number of aryl methyl sites for hydroxylation is 1. The van der Waals surface area contributed by atoms with E-state index in [-0.39, 0.29) is 30.1 Å². The number of fused-ring (bicyclic) bond motifs is 2. The number of non-ortho nitro benzene ring substituents is 1. The van der Waals surface area contributed by atoms with E-state index in [1.165, 1.54) is 22.8 Å². The second-order valence-corrected chi connectivity index (χ2v) is 7.11. The molecule has 0 atom stereocenters. The van der Waals surface area contributed by atoms with Gasteiger partial charge < -0.3 is 19.2 Å². The Labute approximate surface area is 176 Å². The number of ether oxygens (including phenoxy) is 2. The minimum absolute atomic E-state index is 0.117. The van der Waals surface area contributed by atoms with E-state index in [4.69, 9.17) is 13.9 Å². The number of carbonyl (C=O) groups excluding carboxylic acids is 1. The van der Waals surface area contributed by atoms with E-state index in [1.54, 1.807) is 0 Å². The Morgan fingerprint density at radius 1 is 1.13 bits per heavy atom. The highest BCUT2D eigenvalue weighted by atomic mass is 16.6. The summed E-state index contributed by atoms with van der Waals surface area (Å²) in [7, 11) is 0. The van der Waals surface area contributed by atoms with Crippen LogP contribution in [0.3, 0.4) is 0 Å². The molecule has 1 N–H and O–H groups in total. The minimum atomic E-state index is -0.602. The standard InChI is InChI=1S/C21H21N3O7/c25-20(22-8-7-14-3-6-17-19(12-14)30-11-10-29-17)2-1-9-23-16-5-4-15(24(27)28)13-18(16)31-21(23)26/h3-6,12-13H,1-2,7-11H2,(H,22,25). The lowest BCUT2D eigenvalue weighted by Crippen LogP contribution is -2.26. The summed E-state index contributed by atoms with van der Waals surface area (Å²) in [5.41, 5.74) is 1.51. The Morgan fingerprint density at radius 2 is 1.94 bits per heavy atom. The van der Waals surface area contributed by atoms with Gasteiger partial charge in [0.1, 0.15) is 13.2 Å². The van der Waals surface area contributed by atoms with Gasteiger partial charge in [0.15, 0.2) is 17.1 Å². The number of aromatic nitrogens is 1.